The molecule has 0 aromatic heterocycles. The van der Waals surface area contributed by atoms with Gasteiger partial charge in [-0.2, -0.15) is 0 Å². The number of carboxylic acids is 1. The Labute approximate surface area is 454 Å². The molecule has 436 valence electrons. The van der Waals surface area contributed by atoms with Gasteiger partial charge in [0.05, 0.1) is 6.42 Å². The number of hydrogen-bond acceptors (Lipinski definition) is 14. The minimum atomic E-state index is -1.72. The van der Waals surface area contributed by atoms with Crippen molar-refractivity contribution in [2.75, 3.05) is 6.54 Å². The number of esters is 2. The molecule has 6 atom stereocenters. The first kappa shape index (κ1) is 63.8. The fourth-order valence-electron chi connectivity index (χ4n) is 10.3. The zero-order valence-corrected chi connectivity index (χ0v) is 46.4. The van der Waals surface area contributed by atoms with E-state index in [1.807, 2.05) is 0 Å². The lowest BCUT2D eigenvalue weighted by Crippen LogP contribution is -2.60. The molecule has 22 nitrogen and oxygen atoms in total. The van der Waals surface area contributed by atoms with Crippen molar-refractivity contribution in [1.82, 2.24) is 37.2 Å². The summed E-state index contributed by atoms with van der Waals surface area (Å²) in [4.78, 5) is 135. The van der Waals surface area contributed by atoms with Crippen molar-refractivity contribution >= 4 is 59.6 Å². The average Bonchev–Trinajstić information content (AvgIpc) is 3.38. The third kappa shape index (κ3) is 24.7. The molecule has 0 radical (unpaired) electrons. The number of ether oxygens (including phenoxy) is 4. The second-order valence-corrected chi connectivity index (χ2v) is 22.3. The molecule has 0 bridgehead atoms. The number of carbonyl (C=O) groups is 10. The lowest BCUT2D eigenvalue weighted by molar-refractivity contribution is -0.152. The highest BCUT2D eigenvalue weighted by Gasteiger charge is 2.36. The average molecular weight is 1090 g/mol. The summed E-state index contributed by atoms with van der Waals surface area (Å²) in [7, 11) is 0. The Bertz CT molecular complexity index is 1930. The summed E-state index contributed by atoms with van der Waals surface area (Å²) in [6.07, 6.45) is 13.7. The van der Waals surface area contributed by atoms with Crippen molar-refractivity contribution in [3.63, 3.8) is 0 Å². The fraction of sp³-hybridized carbons (Fsp3) is 0.818. The van der Waals surface area contributed by atoms with E-state index >= 15 is 0 Å². The molecule has 0 heterocycles. The van der Waals surface area contributed by atoms with Gasteiger partial charge in [0.1, 0.15) is 60.7 Å². The minimum Gasteiger partial charge on any atom is -0.480 e. The van der Waals surface area contributed by atoms with E-state index in [0.717, 1.165) is 103 Å². The highest BCUT2D eigenvalue weighted by molar-refractivity contribution is 5.98. The Morgan fingerprint density at radius 2 is 0.870 bits per heavy atom. The van der Waals surface area contributed by atoms with Crippen LogP contribution in [0.1, 0.15) is 208 Å². The highest BCUT2D eigenvalue weighted by Crippen LogP contribution is 2.24. The van der Waals surface area contributed by atoms with Gasteiger partial charge in [-0.15, -0.1) is 0 Å². The maximum atomic E-state index is 14.6. The van der Waals surface area contributed by atoms with Crippen LogP contribution in [0.3, 0.4) is 0 Å². The van der Waals surface area contributed by atoms with Gasteiger partial charge in [-0.25, -0.2) is 14.4 Å². The Hall–Kier alpha value is -5.70. The van der Waals surface area contributed by atoms with Crippen molar-refractivity contribution in [1.29, 1.82) is 0 Å². The van der Waals surface area contributed by atoms with Crippen LogP contribution in [0.5, 0.6) is 0 Å². The van der Waals surface area contributed by atoms with Crippen LogP contribution in [0.2, 0.25) is 0 Å². The molecular weight excluding hydrogens is 999 g/mol. The smallest absolute Gasteiger partial charge is 0.408 e. The second kappa shape index (κ2) is 34.2. The maximum absolute atomic E-state index is 14.6. The third-order valence-corrected chi connectivity index (χ3v) is 14.7. The molecule has 0 spiro atoms. The Balaban J connectivity index is 1.57. The number of hydrogen-bond donors (Lipinski definition) is 8. The van der Waals surface area contributed by atoms with Crippen molar-refractivity contribution in [3.8, 4) is 0 Å². The number of nitrogens with one attached hydrogen (secondary N) is 7. The largest absolute Gasteiger partial charge is 0.480 e. The van der Waals surface area contributed by atoms with E-state index in [4.69, 9.17) is 18.9 Å². The summed E-state index contributed by atoms with van der Waals surface area (Å²) in [6, 6.07) is -8.33. The molecule has 22 heteroatoms. The first-order valence-electron chi connectivity index (χ1n) is 28.8. The van der Waals surface area contributed by atoms with Gasteiger partial charge in [0, 0.05) is 13.0 Å². The fourth-order valence-corrected chi connectivity index (χ4v) is 10.3. The molecule has 4 aliphatic carbocycles. The number of alkyl carbamates (subject to hydrolysis) is 2. The predicted molar refractivity (Wildman–Crippen MR) is 283 cm³/mol. The Morgan fingerprint density at radius 1 is 0.442 bits per heavy atom. The molecular formula is C55H91N7O15. The summed E-state index contributed by atoms with van der Waals surface area (Å²) < 4.78 is 22.5. The standard InChI is InChI=1S/C55H91N7O15/c1-34(2)32-44(53(70)71)61-50(67)42(29-30-45(63)74-37-20-10-6-11-21-37)58-51(68)43(33-46(64)75-38-22-12-7-13-23-38)60-49(66)41(28-18-19-31-56-54(72)76-39-24-14-8-15-25-39)59-52(69)47(35(3)4)62-48(65)36(5)57-55(73)77-40-26-16-9-17-27-40/h34-44,47H,6-33H2,1-5H3,(H,56,72)(H,57,73)(H,58,68)(H,59,69)(H,60,66)(H,61,67)(H,62,65)(H,70,71)/t36-,41-,42-,43-,44-,47-/m0/s1. The van der Waals surface area contributed by atoms with E-state index in [2.05, 4.69) is 37.2 Å². The van der Waals surface area contributed by atoms with Crippen LogP contribution in [-0.4, -0.2) is 132 Å². The van der Waals surface area contributed by atoms with Gasteiger partial charge in [-0.05, 0) is 154 Å². The molecule has 0 aromatic rings. The summed E-state index contributed by atoms with van der Waals surface area (Å²) in [5.41, 5.74) is 0. The summed E-state index contributed by atoms with van der Waals surface area (Å²) in [6.45, 7) is 8.52. The van der Waals surface area contributed by atoms with Crippen LogP contribution in [0.25, 0.3) is 0 Å². The molecule has 4 rings (SSSR count). The minimum absolute atomic E-state index is 0.0527. The zero-order valence-electron chi connectivity index (χ0n) is 46.4. The molecule has 4 saturated carbocycles. The van der Waals surface area contributed by atoms with E-state index in [-0.39, 0.29) is 62.9 Å². The van der Waals surface area contributed by atoms with Gasteiger partial charge in [-0.3, -0.25) is 33.6 Å². The number of unbranched alkanes of at least 4 members (excludes halogenated alkanes) is 1. The van der Waals surface area contributed by atoms with Gasteiger partial charge in [-0.1, -0.05) is 53.4 Å². The Morgan fingerprint density at radius 3 is 1.36 bits per heavy atom. The quantitative estimate of drug-likeness (QED) is 0.0250. The van der Waals surface area contributed by atoms with Crippen LogP contribution in [0.4, 0.5) is 9.59 Å². The summed E-state index contributed by atoms with van der Waals surface area (Å²) in [5.74, 6) is -7.77. The van der Waals surface area contributed by atoms with E-state index < -0.39 is 114 Å². The molecule has 8 N–H and O–H groups in total. The van der Waals surface area contributed by atoms with Gasteiger partial charge >= 0.3 is 30.1 Å². The lowest BCUT2D eigenvalue weighted by atomic mass is 9.98. The van der Waals surface area contributed by atoms with Crippen molar-refractivity contribution < 1.29 is 72.0 Å². The van der Waals surface area contributed by atoms with E-state index in [1.54, 1.807) is 27.7 Å². The van der Waals surface area contributed by atoms with Crippen LogP contribution < -0.4 is 37.2 Å². The van der Waals surface area contributed by atoms with Crippen LogP contribution in [-0.2, 0) is 57.3 Å². The van der Waals surface area contributed by atoms with Crippen LogP contribution in [0, 0.1) is 11.8 Å². The number of rotatable bonds is 29. The van der Waals surface area contributed by atoms with Crippen molar-refractivity contribution in [2.45, 2.75) is 269 Å². The Kier molecular flexibility index (Phi) is 28.4. The SMILES string of the molecule is CC(C)C[C@H](NC(=O)[C@H](CCC(=O)OC1CCCCC1)NC(=O)[C@H](CC(=O)OC1CCCCC1)NC(=O)[C@H](CCCCNC(=O)OC1CCCCC1)NC(=O)[C@@H](NC(=O)[C@H](C)NC(=O)OC1CCCCC1)C(C)C)C(=O)O. The van der Waals surface area contributed by atoms with Gasteiger partial charge in [0.2, 0.25) is 29.5 Å². The van der Waals surface area contributed by atoms with E-state index in [1.165, 1.54) is 6.92 Å². The third-order valence-electron chi connectivity index (χ3n) is 14.7. The van der Waals surface area contributed by atoms with Gasteiger partial charge in [0.15, 0.2) is 0 Å². The maximum Gasteiger partial charge on any atom is 0.408 e. The zero-order chi connectivity index (χ0) is 56.3. The second-order valence-electron chi connectivity index (χ2n) is 22.3. The molecule has 0 aliphatic heterocycles. The normalized spacial score (nSPS) is 19.2. The molecule has 7 amide bonds. The summed E-state index contributed by atoms with van der Waals surface area (Å²) in [5, 5.41) is 28.3. The first-order chi connectivity index (χ1) is 36.8. The number of amides is 7. The molecule has 0 aromatic carbocycles. The van der Waals surface area contributed by atoms with Crippen molar-refractivity contribution in [2.24, 2.45) is 11.8 Å². The van der Waals surface area contributed by atoms with Crippen LogP contribution in [0.15, 0.2) is 0 Å². The van der Waals surface area contributed by atoms with Gasteiger partial charge in [0.25, 0.3) is 0 Å². The number of carbonyl (C=O) groups excluding carboxylic acids is 9. The predicted octanol–water partition coefficient (Wildman–Crippen LogP) is 5.80. The highest BCUT2D eigenvalue weighted by atomic mass is 16.6. The molecule has 4 fully saturated rings. The van der Waals surface area contributed by atoms with E-state index in [0.29, 0.717) is 32.1 Å². The van der Waals surface area contributed by atoms with Crippen molar-refractivity contribution in [3.05, 3.63) is 0 Å². The monoisotopic (exact) mass is 1090 g/mol. The van der Waals surface area contributed by atoms with Crippen LogP contribution >= 0.6 is 0 Å². The van der Waals surface area contributed by atoms with E-state index in [9.17, 15) is 53.1 Å². The first-order valence-corrected chi connectivity index (χ1v) is 28.8. The number of carboxylic acid groups (broad SMARTS) is 1. The molecule has 4 aliphatic rings. The molecule has 0 unspecified atom stereocenters. The number of aliphatic carboxylic acids is 1. The topological polar surface area (TPSA) is 312 Å². The molecule has 77 heavy (non-hydrogen) atoms. The molecule has 0 saturated heterocycles. The van der Waals surface area contributed by atoms with Gasteiger partial charge < -0.3 is 61.3 Å². The lowest BCUT2D eigenvalue weighted by Gasteiger charge is -2.29. The summed E-state index contributed by atoms with van der Waals surface area (Å²) >= 11 is 0.